The predicted molar refractivity (Wildman–Crippen MR) is 57.8 cm³/mol. The molecule has 0 saturated carbocycles. The number of nitrogens with zero attached hydrogens (tertiary/aromatic N) is 1. The van der Waals surface area contributed by atoms with E-state index in [1.54, 1.807) is 0 Å². The van der Waals surface area contributed by atoms with E-state index in [2.05, 4.69) is 6.58 Å². The summed E-state index contributed by atoms with van der Waals surface area (Å²) in [5.41, 5.74) is -0.295. The van der Waals surface area contributed by atoms with Crippen LogP contribution in [0.25, 0.3) is 10.9 Å². The molecule has 0 amide bonds. The van der Waals surface area contributed by atoms with E-state index >= 15 is 0 Å². The van der Waals surface area contributed by atoms with Crippen LogP contribution >= 0.6 is 0 Å². The molecule has 2 rings (SSSR count). The third-order valence-electron chi connectivity index (χ3n) is 2.43. The smallest absolute Gasteiger partial charge is 0.284 e. The SMILES string of the molecule is C=CC(=O)n1ccc2cc(C(F)(F)F)ccc21. The van der Waals surface area contributed by atoms with Crippen LogP contribution in [0.3, 0.4) is 0 Å². The number of halogens is 3. The van der Waals surface area contributed by atoms with Crippen LogP contribution in [0.5, 0.6) is 0 Å². The molecule has 0 saturated heterocycles. The number of alkyl halides is 3. The Morgan fingerprint density at radius 3 is 2.59 bits per heavy atom. The van der Waals surface area contributed by atoms with Crippen molar-refractivity contribution in [1.29, 1.82) is 0 Å². The van der Waals surface area contributed by atoms with Gasteiger partial charge in [-0.05, 0) is 30.3 Å². The molecule has 0 atom stereocenters. The van der Waals surface area contributed by atoms with Gasteiger partial charge in [0.2, 0.25) is 0 Å². The summed E-state index contributed by atoms with van der Waals surface area (Å²) in [6, 6.07) is 4.71. The van der Waals surface area contributed by atoms with E-state index in [0.717, 1.165) is 18.2 Å². The van der Waals surface area contributed by atoms with Crippen LogP contribution in [-0.2, 0) is 6.18 Å². The minimum atomic E-state index is -4.38. The van der Waals surface area contributed by atoms with Crippen LogP contribution in [-0.4, -0.2) is 10.5 Å². The second-order valence-corrected chi connectivity index (χ2v) is 3.50. The molecule has 0 bridgehead atoms. The highest BCUT2D eigenvalue weighted by Crippen LogP contribution is 2.31. The molecule has 88 valence electrons. The van der Waals surface area contributed by atoms with Crippen molar-refractivity contribution < 1.29 is 18.0 Å². The Morgan fingerprint density at radius 1 is 1.29 bits per heavy atom. The summed E-state index contributed by atoms with van der Waals surface area (Å²) in [6.45, 7) is 3.33. The van der Waals surface area contributed by atoms with Crippen LogP contribution in [0.15, 0.2) is 43.1 Å². The van der Waals surface area contributed by atoms with Crippen molar-refractivity contribution in [3.8, 4) is 0 Å². The van der Waals surface area contributed by atoms with E-state index in [9.17, 15) is 18.0 Å². The van der Waals surface area contributed by atoms with Gasteiger partial charge >= 0.3 is 6.18 Å². The lowest BCUT2D eigenvalue weighted by molar-refractivity contribution is -0.137. The fourth-order valence-corrected chi connectivity index (χ4v) is 1.61. The Bertz CT molecular complexity index is 595. The number of rotatable bonds is 1. The van der Waals surface area contributed by atoms with Gasteiger partial charge in [0.25, 0.3) is 5.91 Å². The lowest BCUT2D eigenvalue weighted by Gasteiger charge is -2.06. The molecule has 1 aromatic carbocycles. The van der Waals surface area contributed by atoms with E-state index in [1.807, 2.05) is 0 Å². The Hall–Kier alpha value is -2.04. The first-order valence-corrected chi connectivity index (χ1v) is 4.78. The topological polar surface area (TPSA) is 22.0 Å². The maximum Gasteiger partial charge on any atom is 0.416 e. The summed E-state index contributed by atoms with van der Waals surface area (Å²) in [5.74, 6) is -0.375. The summed E-state index contributed by atoms with van der Waals surface area (Å²) < 4.78 is 38.6. The first kappa shape index (κ1) is 11.4. The van der Waals surface area contributed by atoms with Gasteiger partial charge in [0.1, 0.15) is 0 Å². The van der Waals surface area contributed by atoms with Gasteiger partial charge in [0.05, 0.1) is 11.1 Å². The zero-order valence-electron chi connectivity index (χ0n) is 8.66. The van der Waals surface area contributed by atoms with Crippen molar-refractivity contribution in [2.75, 3.05) is 0 Å². The van der Waals surface area contributed by atoms with Crippen molar-refractivity contribution in [3.63, 3.8) is 0 Å². The van der Waals surface area contributed by atoms with Gasteiger partial charge in [-0.15, -0.1) is 0 Å². The molecule has 0 fully saturated rings. The van der Waals surface area contributed by atoms with Gasteiger partial charge in [-0.3, -0.25) is 9.36 Å². The van der Waals surface area contributed by atoms with Gasteiger partial charge in [0.15, 0.2) is 0 Å². The first-order chi connectivity index (χ1) is 7.93. The number of hydrogen-bond acceptors (Lipinski definition) is 1. The van der Waals surface area contributed by atoms with Crippen LogP contribution in [0.2, 0.25) is 0 Å². The number of benzene rings is 1. The summed E-state index contributed by atoms with van der Waals surface area (Å²) in [5, 5.41) is 0.370. The average molecular weight is 239 g/mol. The van der Waals surface area contributed by atoms with Crippen LogP contribution < -0.4 is 0 Å². The molecule has 0 spiro atoms. The average Bonchev–Trinajstić information content (AvgIpc) is 2.69. The van der Waals surface area contributed by atoms with Crippen LogP contribution in [0, 0.1) is 0 Å². The summed E-state index contributed by atoms with van der Waals surface area (Å²) in [4.78, 5) is 11.4. The van der Waals surface area contributed by atoms with Crippen molar-refractivity contribution >= 4 is 16.8 Å². The molecule has 0 aliphatic carbocycles. The van der Waals surface area contributed by atoms with Crippen molar-refractivity contribution in [2.24, 2.45) is 0 Å². The molecular formula is C12H8F3NO. The van der Waals surface area contributed by atoms with Gasteiger partial charge in [-0.2, -0.15) is 13.2 Å². The molecule has 2 nitrogen and oxygen atoms in total. The fourth-order valence-electron chi connectivity index (χ4n) is 1.61. The fraction of sp³-hybridized carbons (Fsp3) is 0.0833. The summed E-state index contributed by atoms with van der Waals surface area (Å²) >= 11 is 0. The molecule has 2 aromatic rings. The number of carbonyl (C=O) groups is 1. The number of carbonyl (C=O) groups excluding carboxylic acids is 1. The Balaban J connectivity index is 2.60. The number of fused-ring (bicyclic) bond motifs is 1. The highest BCUT2D eigenvalue weighted by molar-refractivity contribution is 5.97. The second kappa shape index (κ2) is 3.76. The molecule has 5 heteroatoms. The normalized spacial score (nSPS) is 11.7. The number of allylic oxidation sites excluding steroid dienone is 1. The zero-order chi connectivity index (χ0) is 12.6. The summed E-state index contributed by atoms with van der Waals surface area (Å²) in [7, 11) is 0. The van der Waals surface area contributed by atoms with E-state index in [4.69, 9.17) is 0 Å². The number of hydrogen-bond donors (Lipinski definition) is 0. The Kier molecular flexibility index (Phi) is 2.53. The third kappa shape index (κ3) is 1.95. The lowest BCUT2D eigenvalue weighted by Crippen LogP contribution is -2.06. The molecule has 0 radical (unpaired) electrons. The summed E-state index contributed by atoms with van der Waals surface area (Å²) in [6.07, 6.45) is -1.84. The lowest BCUT2D eigenvalue weighted by atomic mass is 10.1. The van der Waals surface area contributed by atoms with Gasteiger partial charge in [-0.25, -0.2) is 0 Å². The van der Waals surface area contributed by atoms with Gasteiger partial charge in [-0.1, -0.05) is 6.58 Å². The van der Waals surface area contributed by atoms with E-state index in [0.29, 0.717) is 10.9 Å². The standard InChI is InChI=1S/C12H8F3NO/c1-2-11(17)16-6-5-8-7-9(12(13,14)15)3-4-10(8)16/h2-7H,1H2. The maximum absolute atomic E-state index is 12.5. The highest BCUT2D eigenvalue weighted by Gasteiger charge is 2.30. The van der Waals surface area contributed by atoms with Crippen molar-refractivity contribution in [1.82, 2.24) is 4.57 Å². The Morgan fingerprint density at radius 2 is 2.00 bits per heavy atom. The quantitative estimate of drug-likeness (QED) is 0.698. The molecule has 1 heterocycles. The van der Waals surface area contributed by atoms with Crippen LogP contribution in [0.1, 0.15) is 10.4 Å². The largest absolute Gasteiger partial charge is 0.416 e. The molecule has 0 N–H and O–H groups in total. The van der Waals surface area contributed by atoms with E-state index in [-0.39, 0.29) is 5.91 Å². The minimum Gasteiger partial charge on any atom is -0.284 e. The van der Waals surface area contributed by atoms with Crippen molar-refractivity contribution in [3.05, 3.63) is 48.7 Å². The number of aromatic nitrogens is 1. The van der Waals surface area contributed by atoms with Gasteiger partial charge in [0, 0.05) is 11.6 Å². The first-order valence-electron chi connectivity index (χ1n) is 4.78. The Labute approximate surface area is 95.0 Å². The third-order valence-corrected chi connectivity index (χ3v) is 2.43. The maximum atomic E-state index is 12.5. The highest BCUT2D eigenvalue weighted by atomic mass is 19.4. The van der Waals surface area contributed by atoms with Gasteiger partial charge < -0.3 is 0 Å². The predicted octanol–water partition coefficient (Wildman–Crippen LogP) is 3.49. The monoisotopic (exact) mass is 239 g/mol. The van der Waals surface area contributed by atoms with Crippen LogP contribution in [0.4, 0.5) is 13.2 Å². The molecular weight excluding hydrogens is 231 g/mol. The molecule has 0 aliphatic rings. The van der Waals surface area contributed by atoms with E-state index < -0.39 is 11.7 Å². The molecule has 0 aliphatic heterocycles. The minimum absolute atomic E-state index is 0.370. The zero-order valence-corrected chi connectivity index (χ0v) is 8.66. The molecule has 1 aromatic heterocycles. The van der Waals surface area contributed by atoms with E-state index in [1.165, 1.54) is 22.9 Å². The molecule has 17 heavy (non-hydrogen) atoms. The van der Waals surface area contributed by atoms with Crippen molar-refractivity contribution in [2.45, 2.75) is 6.18 Å². The second-order valence-electron chi connectivity index (χ2n) is 3.50. The molecule has 0 unspecified atom stereocenters.